The minimum atomic E-state index is -0.452. The van der Waals surface area contributed by atoms with Gasteiger partial charge in [-0.15, -0.1) is 0 Å². The highest BCUT2D eigenvalue weighted by Crippen LogP contribution is 2.45. The van der Waals surface area contributed by atoms with Crippen molar-refractivity contribution in [3.63, 3.8) is 0 Å². The van der Waals surface area contributed by atoms with Gasteiger partial charge in [0.15, 0.2) is 0 Å². The predicted octanol–water partition coefficient (Wildman–Crippen LogP) is 4.84. The minimum Gasteiger partial charge on any atom is -0.497 e. The lowest BCUT2D eigenvalue weighted by atomic mass is 9.67. The second-order valence-electron chi connectivity index (χ2n) is 8.02. The lowest BCUT2D eigenvalue weighted by Crippen LogP contribution is -2.49. The molecule has 1 saturated heterocycles. The maximum absolute atomic E-state index is 12.4. The smallest absolute Gasteiger partial charge is 0.410 e. The number of hydrogen-bond acceptors (Lipinski definition) is 3. The number of piperidine rings is 1. The first-order valence-corrected chi connectivity index (χ1v) is 8.80. The Bertz CT molecular complexity index is 561. The summed E-state index contributed by atoms with van der Waals surface area (Å²) in [5, 5.41) is 0. The van der Waals surface area contributed by atoms with Crippen LogP contribution in [0.5, 0.6) is 5.75 Å². The van der Waals surface area contributed by atoms with Crippen molar-refractivity contribution >= 4 is 6.09 Å². The van der Waals surface area contributed by atoms with Crippen LogP contribution >= 0.6 is 0 Å². The number of amides is 1. The molecule has 0 N–H and O–H groups in total. The van der Waals surface area contributed by atoms with Gasteiger partial charge < -0.3 is 14.4 Å². The Morgan fingerprint density at radius 3 is 2.42 bits per heavy atom. The number of hydrogen-bond donors (Lipinski definition) is 0. The molecule has 4 heteroatoms. The van der Waals surface area contributed by atoms with Crippen LogP contribution in [0.25, 0.3) is 0 Å². The van der Waals surface area contributed by atoms with Crippen LogP contribution in [0.2, 0.25) is 0 Å². The Morgan fingerprint density at radius 2 is 1.92 bits per heavy atom. The van der Waals surface area contributed by atoms with Crippen molar-refractivity contribution < 1.29 is 14.3 Å². The number of carbonyl (C=O) groups excluding carboxylic acids is 1. The van der Waals surface area contributed by atoms with Crippen molar-refractivity contribution in [2.24, 2.45) is 5.41 Å². The molecular weight excluding hydrogens is 302 g/mol. The van der Waals surface area contributed by atoms with Gasteiger partial charge in [0.05, 0.1) is 7.11 Å². The van der Waals surface area contributed by atoms with Crippen LogP contribution in [-0.4, -0.2) is 36.8 Å². The molecule has 24 heavy (non-hydrogen) atoms. The van der Waals surface area contributed by atoms with E-state index >= 15 is 0 Å². The molecule has 0 unspecified atom stereocenters. The molecule has 134 valence electrons. The molecule has 0 spiro atoms. The number of rotatable bonds is 3. The zero-order valence-electron chi connectivity index (χ0n) is 15.9. The Hall–Kier alpha value is -1.71. The maximum atomic E-state index is 12.4. The summed E-state index contributed by atoms with van der Waals surface area (Å²) in [6.45, 7) is 11.7. The third-order valence-corrected chi connectivity index (χ3v) is 5.06. The summed E-state index contributed by atoms with van der Waals surface area (Å²) in [5.41, 5.74) is 0.917. The fourth-order valence-electron chi connectivity index (χ4n) is 3.50. The number of likely N-dealkylation sites (tertiary alicyclic amines) is 1. The van der Waals surface area contributed by atoms with Crippen LogP contribution in [0, 0.1) is 5.41 Å². The summed E-state index contributed by atoms with van der Waals surface area (Å²) in [4.78, 5) is 14.3. The van der Waals surface area contributed by atoms with Crippen LogP contribution in [0.15, 0.2) is 24.3 Å². The SMILES string of the molecule is CC[C@@]1(C)CN(C(=O)OC(C)(C)C)CC[C@H]1c1ccc(OC)cc1. The molecule has 0 aromatic heterocycles. The van der Waals surface area contributed by atoms with E-state index in [2.05, 4.69) is 26.0 Å². The van der Waals surface area contributed by atoms with Crippen LogP contribution in [0.1, 0.15) is 58.9 Å². The summed E-state index contributed by atoms with van der Waals surface area (Å²) in [5.74, 6) is 1.32. The molecule has 1 aliphatic heterocycles. The zero-order chi connectivity index (χ0) is 18.0. The van der Waals surface area contributed by atoms with Crippen molar-refractivity contribution in [1.29, 1.82) is 0 Å². The zero-order valence-corrected chi connectivity index (χ0v) is 15.9. The minimum absolute atomic E-state index is 0.0454. The standard InChI is InChI=1S/C20H31NO3/c1-7-20(5)14-21(18(22)24-19(2,3)4)13-12-17(20)15-8-10-16(23-6)11-9-15/h8-11,17H,7,12-14H2,1-6H3/t17-,20-/m0/s1. The van der Waals surface area contributed by atoms with E-state index in [1.807, 2.05) is 37.8 Å². The summed E-state index contributed by atoms with van der Waals surface area (Å²) in [6.07, 6.45) is 1.77. The van der Waals surface area contributed by atoms with Crippen LogP contribution in [0.3, 0.4) is 0 Å². The first kappa shape index (κ1) is 18.6. The normalized spacial score (nSPS) is 24.6. The number of carbonyl (C=O) groups is 1. The van der Waals surface area contributed by atoms with Gasteiger partial charge in [0.25, 0.3) is 0 Å². The van der Waals surface area contributed by atoms with Gasteiger partial charge in [0.1, 0.15) is 11.4 Å². The van der Waals surface area contributed by atoms with E-state index in [1.165, 1.54) is 5.56 Å². The molecule has 0 aliphatic carbocycles. The molecule has 1 aromatic rings. The Morgan fingerprint density at radius 1 is 1.29 bits per heavy atom. The molecule has 1 aromatic carbocycles. The van der Waals surface area contributed by atoms with E-state index in [1.54, 1.807) is 7.11 Å². The van der Waals surface area contributed by atoms with E-state index in [0.29, 0.717) is 5.92 Å². The average molecular weight is 333 g/mol. The quantitative estimate of drug-likeness (QED) is 0.795. The first-order valence-electron chi connectivity index (χ1n) is 8.80. The van der Waals surface area contributed by atoms with Crippen molar-refractivity contribution in [1.82, 2.24) is 4.90 Å². The highest BCUT2D eigenvalue weighted by molar-refractivity contribution is 5.68. The van der Waals surface area contributed by atoms with Gasteiger partial charge in [-0.05, 0) is 62.6 Å². The molecule has 1 fully saturated rings. The van der Waals surface area contributed by atoms with Gasteiger partial charge in [-0.25, -0.2) is 4.79 Å². The van der Waals surface area contributed by atoms with Crippen molar-refractivity contribution in [2.75, 3.05) is 20.2 Å². The van der Waals surface area contributed by atoms with Gasteiger partial charge in [-0.3, -0.25) is 0 Å². The van der Waals surface area contributed by atoms with Crippen LogP contribution in [0.4, 0.5) is 4.79 Å². The van der Waals surface area contributed by atoms with Gasteiger partial charge in [-0.1, -0.05) is 26.0 Å². The van der Waals surface area contributed by atoms with E-state index in [4.69, 9.17) is 9.47 Å². The Kier molecular flexibility index (Phi) is 5.46. The summed E-state index contributed by atoms with van der Waals surface area (Å²) >= 11 is 0. The summed E-state index contributed by atoms with van der Waals surface area (Å²) in [6, 6.07) is 8.35. The Labute approximate surface area is 146 Å². The molecule has 1 aliphatic rings. The monoisotopic (exact) mass is 333 g/mol. The number of ether oxygens (including phenoxy) is 2. The molecule has 0 bridgehead atoms. The second-order valence-corrected chi connectivity index (χ2v) is 8.02. The fraction of sp³-hybridized carbons (Fsp3) is 0.650. The summed E-state index contributed by atoms with van der Waals surface area (Å²) in [7, 11) is 1.69. The third-order valence-electron chi connectivity index (χ3n) is 5.06. The van der Waals surface area contributed by atoms with E-state index < -0.39 is 5.60 Å². The van der Waals surface area contributed by atoms with Crippen molar-refractivity contribution in [3.8, 4) is 5.75 Å². The van der Waals surface area contributed by atoms with E-state index in [9.17, 15) is 4.79 Å². The highest BCUT2D eigenvalue weighted by Gasteiger charge is 2.41. The summed E-state index contributed by atoms with van der Waals surface area (Å²) < 4.78 is 10.8. The van der Waals surface area contributed by atoms with E-state index in [0.717, 1.165) is 31.7 Å². The van der Waals surface area contributed by atoms with Gasteiger partial charge >= 0.3 is 6.09 Å². The third kappa shape index (κ3) is 4.22. The predicted molar refractivity (Wildman–Crippen MR) is 96.6 cm³/mol. The maximum Gasteiger partial charge on any atom is 0.410 e. The van der Waals surface area contributed by atoms with Gasteiger partial charge in [0, 0.05) is 13.1 Å². The fourth-order valence-corrected chi connectivity index (χ4v) is 3.50. The lowest BCUT2D eigenvalue weighted by molar-refractivity contribution is 0.00107. The lowest BCUT2D eigenvalue weighted by Gasteiger charge is -2.46. The molecule has 0 saturated carbocycles. The Balaban J connectivity index is 2.15. The van der Waals surface area contributed by atoms with Crippen LogP contribution in [-0.2, 0) is 4.74 Å². The molecule has 2 atom stereocenters. The second kappa shape index (κ2) is 7.04. The van der Waals surface area contributed by atoms with E-state index in [-0.39, 0.29) is 11.5 Å². The molecular formula is C20H31NO3. The van der Waals surface area contributed by atoms with Crippen LogP contribution < -0.4 is 4.74 Å². The molecule has 2 rings (SSSR count). The largest absolute Gasteiger partial charge is 0.497 e. The van der Waals surface area contributed by atoms with Gasteiger partial charge in [-0.2, -0.15) is 0 Å². The molecule has 0 radical (unpaired) electrons. The van der Waals surface area contributed by atoms with Crippen molar-refractivity contribution in [2.45, 2.75) is 59.0 Å². The molecule has 1 heterocycles. The molecule has 4 nitrogen and oxygen atoms in total. The van der Waals surface area contributed by atoms with Gasteiger partial charge in [0.2, 0.25) is 0 Å². The number of benzene rings is 1. The number of nitrogens with zero attached hydrogens (tertiary/aromatic N) is 1. The molecule has 1 amide bonds. The van der Waals surface area contributed by atoms with Crippen molar-refractivity contribution in [3.05, 3.63) is 29.8 Å². The first-order chi connectivity index (χ1) is 11.2. The number of methoxy groups -OCH3 is 1. The average Bonchev–Trinajstić information content (AvgIpc) is 2.53. The topological polar surface area (TPSA) is 38.8 Å². The highest BCUT2D eigenvalue weighted by atomic mass is 16.6.